The molecule has 1 aromatic rings. The van der Waals surface area contributed by atoms with Gasteiger partial charge >= 0.3 is 0 Å². The molecule has 0 amide bonds. The molecule has 0 radical (unpaired) electrons. The van der Waals surface area contributed by atoms with Crippen molar-refractivity contribution >= 4 is 24.3 Å². The maximum absolute atomic E-state index is 5.77. The Morgan fingerprint density at radius 1 is 1.13 bits per heavy atom. The molecule has 0 unspecified atom stereocenters. The lowest BCUT2D eigenvalue weighted by molar-refractivity contribution is 0.174. The third-order valence-electron chi connectivity index (χ3n) is 3.17. The standard InChI is InChI=1S/C15H23N5O2.ClH/c1-2-3-7-18-14(16)20-15(17)19-8-6-11-4-5-12-13(9-11)22-10-21-12;/h4-5,9H,2-3,6-8,10H2,1H3,(H5,16,17,18,19,20);1H. The van der Waals surface area contributed by atoms with Crippen LogP contribution in [0.4, 0.5) is 0 Å². The predicted octanol–water partition coefficient (Wildman–Crippen LogP) is 1.40. The van der Waals surface area contributed by atoms with Gasteiger partial charge in [0.05, 0.1) is 0 Å². The number of nitrogens with one attached hydrogen (secondary N) is 1. The van der Waals surface area contributed by atoms with Crippen LogP contribution in [0, 0.1) is 0 Å². The van der Waals surface area contributed by atoms with Crippen LogP contribution in [0.1, 0.15) is 25.3 Å². The van der Waals surface area contributed by atoms with Crippen LogP contribution in [0.5, 0.6) is 11.5 Å². The second-order valence-electron chi connectivity index (χ2n) is 4.95. The number of rotatable bonds is 6. The predicted molar refractivity (Wildman–Crippen MR) is 94.5 cm³/mol. The number of ether oxygens (including phenoxy) is 2. The van der Waals surface area contributed by atoms with E-state index in [9.17, 15) is 0 Å². The Bertz CT molecular complexity index is 563. The third kappa shape index (κ3) is 6.23. The summed E-state index contributed by atoms with van der Waals surface area (Å²) in [6.07, 6.45) is 2.84. The molecule has 0 spiro atoms. The van der Waals surface area contributed by atoms with Crippen LogP contribution in [0.15, 0.2) is 28.2 Å². The lowest BCUT2D eigenvalue weighted by atomic mass is 10.1. The van der Waals surface area contributed by atoms with Crippen LogP contribution in [0.25, 0.3) is 0 Å². The molecule has 1 aromatic carbocycles. The molecule has 1 aliphatic rings. The maximum atomic E-state index is 5.77. The Labute approximate surface area is 142 Å². The Kier molecular flexibility index (Phi) is 8.04. The molecular weight excluding hydrogens is 318 g/mol. The first-order valence-corrected chi connectivity index (χ1v) is 7.44. The van der Waals surface area contributed by atoms with E-state index in [-0.39, 0.29) is 25.2 Å². The van der Waals surface area contributed by atoms with E-state index in [0.29, 0.717) is 19.0 Å². The second kappa shape index (κ2) is 9.78. The summed E-state index contributed by atoms with van der Waals surface area (Å²) in [6.45, 7) is 3.63. The minimum atomic E-state index is 0. The molecule has 1 heterocycles. The highest BCUT2D eigenvalue weighted by Gasteiger charge is 2.12. The fraction of sp³-hybridized carbons (Fsp3) is 0.467. The van der Waals surface area contributed by atoms with Gasteiger partial charge in [-0.15, -0.1) is 12.4 Å². The fourth-order valence-electron chi connectivity index (χ4n) is 1.97. The third-order valence-corrected chi connectivity index (χ3v) is 3.17. The number of benzene rings is 1. The molecule has 8 heteroatoms. The number of halogens is 1. The van der Waals surface area contributed by atoms with Crippen LogP contribution < -0.4 is 26.3 Å². The van der Waals surface area contributed by atoms with Gasteiger partial charge in [0.15, 0.2) is 23.4 Å². The SMILES string of the molecule is CCCCN=C(N)NC(N)=NCCc1ccc2c(c1)OCO2.Cl. The van der Waals surface area contributed by atoms with Crippen molar-refractivity contribution in [1.82, 2.24) is 5.32 Å². The molecule has 0 fully saturated rings. The number of hydrogen-bond acceptors (Lipinski definition) is 4. The zero-order valence-corrected chi connectivity index (χ0v) is 14.1. The second-order valence-corrected chi connectivity index (χ2v) is 4.95. The fourth-order valence-corrected chi connectivity index (χ4v) is 1.97. The van der Waals surface area contributed by atoms with Crippen molar-refractivity contribution in [2.45, 2.75) is 26.2 Å². The highest BCUT2D eigenvalue weighted by molar-refractivity contribution is 5.97. The largest absolute Gasteiger partial charge is 0.454 e. The minimum absolute atomic E-state index is 0. The van der Waals surface area contributed by atoms with E-state index in [1.54, 1.807) is 0 Å². The molecule has 128 valence electrons. The highest BCUT2D eigenvalue weighted by Crippen LogP contribution is 2.32. The van der Waals surface area contributed by atoms with Crippen molar-refractivity contribution in [3.8, 4) is 11.5 Å². The molecule has 2 rings (SSSR count). The van der Waals surface area contributed by atoms with E-state index in [1.165, 1.54) is 0 Å². The number of guanidine groups is 2. The lowest BCUT2D eigenvalue weighted by Crippen LogP contribution is -2.41. The lowest BCUT2D eigenvalue weighted by Gasteiger charge is -2.05. The number of aliphatic imine (C=N–C) groups is 2. The average Bonchev–Trinajstić information content (AvgIpc) is 2.95. The maximum Gasteiger partial charge on any atom is 0.231 e. The van der Waals surface area contributed by atoms with Gasteiger partial charge in [-0.05, 0) is 30.5 Å². The Balaban J connectivity index is 0.00000264. The molecule has 0 aromatic heterocycles. The zero-order chi connectivity index (χ0) is 15.8. The molecule has 0 saturated carbocycles. The van der Waals surface area contributed by atoms with E-state index in [4.69, 9.17) is 20.9 Å². The van der Waals surface area contributed by atoms with Gasteiger partial charge in [0, 0.05) is 13.1 Å². The van der Waals surface area contributed by atoms with E-state index in [2.05, 4.69) is 22.2 Å². The Hall–Kier alpha value is -2.15. The Morgan fingerprint density at radius 3 is 2.57 bits per heavy atom. The summed E-state index contributed by atoms with van der Waals surface area (Å²) in [6, 6.07) is 5.86. The number of hydrogen-bond donors (Lipinski definition) is 3. The minimum Gasteiger partial charge on any atom is -0.454 e. The Morgan fingerprint density at radius 2 is 1.83 bits per heavy atom. The van der Waals surface area contributed by atoms with Gasteiger partial charge in [0.2, 0.25) is 6.79 Å². The number of unbranched alkanes of at least 4 members (excludes halogenated alkanes) is 1. The van der Waals surface area contributed by atoms with Crippen molar-refractivity contribution in [3.63, 3.8) is 0 Å². The topological polar surface area (TPSA) is 107 Å². The summed E-state index contributed by atoms with van der Waals surface area (Å²) < 4.78 is 10.6. The highest BCUT2D eigenvalue weighted by atomic mass is 35.5. The van der Waals surface area contributed by atoms with Gasteiger partial charge in [-0.3, -0.25) is 15.3 Å². The van der Waals surface area contributed by atoms with Crippen LogP contribution in [0.2, 0.25) is 0 Å². The van der Waals surface area contributed by atoms with Gasteiger partial charge in [0.25, 0.3) is 0 Å². The molecular formula is C15H24ClN5O2. The van der Waals surface area contributed by atoms with Crippen LogP contribution in [-0.2, 0) is 6.42 Å². The van der Waals surface area contributed by atoms with Gasteiger partial charge < -0.3 is 20.9 Å². The molecule has 0 bridgehead atoms. The van der Waals surface area contributed by atoms with Crippen LogP contribution in [0.3, 0.4) is 0 Å². The number of nitrogens with two attached hydrogens (primary N) is 2. The summed E-state index contributed by atoms with van der Waals surface area (Å²) in [5.74, 6) is 2.14. The van der Waals surface area contributed by atoms with E-state index >= 15 is 0 Å². The summed E-state index contributed by atoms with van der Waals surface area (Å²) in [7, 11) is 0. The normalized spacial score (nSPS) is 13.6. The molecule has 0 atom stereocenters. The molecule has 0 saturated heterocycles. The quantitative estimate of drug-likeness (QED) is 0.412. The molecule has 23 heavy (non-hydrogen) atoms. The van der Waals surface area contributed by atoms with Crippen molar-refractivity contribution in [2.24, 2.45) is 21.5 Å². The summed E-state index contributed by atoms with van der Waals surface area (Å²) in [4.78, 5) is 8.38. The summed E-state index contributed by atoms with van der Waals surface area (Å²) >= 11 is 0. The molecule has 5 N–H and O–H groups in total. The van der Waals surface area contributed by atoms with Crippen LogP contribution in [-0.4, -0.2) is 31.8 Å². The summed E-state index contributed by atoms with van der Waals surface area (Å²) in [5.41, 5.74) is 12.6. The number of fused-ring (bicyclic) bond motifs is 1. The van der Waals surface area contributed by atoms with Crippen molar-refractivity contribution in [2.75, 3.05) is 19.9 Å². The number of nitrogens with zero attached hydrogens (tertiary/aromatic N) is 2. The van der Waals surface area contributed by atoms with Gasteiger partial charge in [-0.25, -0.2) is 0 Å². The smallest absolute Gasteiger partial charge is 0.231 e. The van der Waals surface area contributed by atoms with Crippen molar-refractivity contribution in [3.05, 3.63) is 23.8 Å². The zero-order valence-electron chi connectivity index (χ0n) is 13.2. The first-order valence-electron chi connectivity index (χ1n) is 7.44. The molecule has 7 nitrogen and oxygen atoms in total. The first kappa shape index (κ1) is 18.9. The van der Waals surface area contributed by atoms with Gasteiger partial charge in [-0.1, -0.05) is 19.4 Å². The van der Waals surface area contributed by atoms with Gasteiger partial charge in [-0.2, -0.15) is 0 Å². The molecule has 0 aliphatic carbocycles. The first-order chi connectivity index (χ1) is 10.7. The van der Waals surface area contributed by atoms with Crippen molar-refractivity contribution < 1.29 is 9.47 Å². The van der Waals surface area contributed by atoms with Gasteiger partial charge in [0.1, 0.15) is 0 Å². The van der Waals surface area contributed by atoms with E-state index < -0.39 is 0 Å². The van der Waals surface area contributed by atoms with Crippen LogP contribution >= 0.6 is 12.4 Å². The average molecular weight is 342 g/mol. The monoisotopic (exact) mass is 341 g/mol. The van der Waals surface area contributed by atoms with Crippen molar-refractivity contribution in [1.29, 1.82) is 0 Å². The van der Waals surface area contributed by atoms with E-state index in [0.717, 1.165) is 36.3 Å². The summed E-state index contributed by atoms with van der Waals surface area (Å²) in [5, 5.41) is 2.78. The molecule has 1 aliphatic heterocycles. The van der Waals surface area contributed by atoms with E-state index in [1.807, 2.05) is 18.2 Å².